The van der Waals surface area contributed by atoms with Gasteiger partial charge in [0.1, 0.15) is 171 Å². The van der Waals surface area contributed by atoms with Crippen molar-refractivity contribution in [3.8, 4) is 0 Å². The van der Waals surface area contributed by atoms with E-state index < -0.39 is 215 Å². The third kappa shape index (κ3) is 16.3. The summed E-state index contributed by atoms with van der Waals surface area (Å²) in [5.41, 5.74) is 0. The third-order valence-electron chi connectivity index (χ3n) is 17.6. The lowest BCUT2D eigenvalue weighted by atomic mass is 9.95. The Morgan fingerprint density at radius 3 is 0.385 bits per heavy atom. The SMILES string of the molecule is COCC1O[C@@H]2O[C@@H]3C(COC)O[C@H](O[C@@H]4C(COC)O[C@H](O[C@@H]5C(COC)O[C@@H](O[C@@H]6C(COC)O[C@H](O[C@@H]7C(COC)O[C@H](O[C@@H]8C(COC)O[C@H](O[C@H]1[C@H](O)C2OC)C(OC)[C@H]8O)C(OC)[C@H]7O)C(OC)[C@H]6O)C(OC)[C@H]5O)C(OC)[C@H]4O)C(OC)[C@H]3O. The number of hydrogen-bond acceptors (Lipinski definition) is 35. The van der Waals surface area contributed by atoms with Crippen molar-refractivity contribution in [3.05, 3.63) is 0 Å². The lowest BCUT2D eigenvalue weighted by Crippen LogP contribution is -2.69. The van der Waals surface area contributed by atoms with Crippen LogP contribution in [0.1, 0.15) is 0 Å². The van der Waals surface area contributed by atoms with Crippen LogP contribution in [0.4, 0.5) is 0 Å². The van der Waals surface area contributed by atoms with E-state index in [1.165, 1.54) is 99.5 Å². The van der Waals surface area contributed by atoms with Gasteiger partial charge in [-0.2, -0.15) is 0 Å². The number of aliphatic hydroxyl groups excluding tert-OH is 7. The summed E-state index contributed by atoms with van der Waals surface area (Å²) in [5.74, 6) is 0. The first-order valence-corrected chi connectivity index (χ1v) is 30.0. The Balaban J connectivity index is 1.17. The number of rotatable bonds is 21. The molecule has 21 heterocycles. The molecule has 0 aromatic rings. The maximum Gasteiger partial charge on any atom is 0.187 e. The van der Waals surface area contributed by atoms with E-state index >= 15 is 0 Å². The highest BCUT2D eigenvalue weighted by atomic mass is 16.8. The highest BCUT2D eigenvalue weighted by Crippen LogP contribution is 2.41. The van der Waals surface area contributed by atoms with E-state index in [9.17, 15) is 35.7 Å². The molecule has 0 amide bonds. The molecule has 0 aliphatic carbocycles. The summed E-state index contributed by atoms with van der Waals surface area (Å²) in [6.07, 6.45) is -49.4. The predicted molar refractivity (Wildman–Crippen MR) is 295 cm³/mol. The number of methoxy groups -OCH3 is 14. The molecule has 35 atom stereocenters. The summed E-state index contributed by atoms with van der Waals surface area (Å²) in [6, 6.07) is 0. The van der Waals surface area contributed by atoms with E-state index in [1.807, 2.05) is 0 Å². The molecular weight excluding hydrogens is 1230 g/mol. The molecule has 35 heteroatoms. The first-order chi connectivity index (χ1) is 43.9. The summed E-state index contributed by atoms with van der Waals surface area (Å²) in [4.78, 5) is 0. The molecule has 0 saturated carbocycles. The van der Waals surface area contributed by atoms with Crippen molar-refractivity contribution in [1.29, 1.82) is 0 Å². The van der Waals surface area contributed by atoms with Crippen LogP contribution in [0.5, 0.6) is 0 Å². The first-order valence-electron chi connectivity index (χ1n) is 30.0. The molecule has 21 saturated heterocycles. The zero-order valence-corrected chi connectivity index (χ0v) is 53.7. The molecule has 0 spiro atoms. The minimum atomic E-state index is -1.62. The van der Waals surface area contributed by atoms with Gasteiger partial charge in [0, 0.05) is 99.5 Å². The molecular formula is C56H98O35. The number of ether oxygens (including phenoxy) is 28. The summed E-state index contributed by atoms with van der Waals surface area (Å²) in [7, 11) is 18.7. The second kappa shape index (κ2) is 35.4. The second-order valence-corrected chi connectivity index (χ2v) is 23.0. The van der Waals surface area contributed by atoms with Crippen molar-refractivity contribution in [2.24, 2.45) is 0 Å². The Kier molecular flexibility index (Phi) is 29.3. The maximum absolute atomic E-state index is 12.3. The van der Waals surface area contributed by atoms with E-state index in [-0.39, 0.29) is 46.2 Å². The van der Waals surface area contributed by atoms with E-state index in [4.69, 9.17) is 133 Å². The van der Waals surface area contributed by atoms with E-state index in [1.54, 1.807) is 0 Å². The van der Waals surface area contributed by atoms with Gasteiger partial charge in [-0.1, -0.05) is 0 Å². The van der Waals surface area contributed by atoms with Gasteiger partial charge in [-0.05, 0) is 0 Å². The summed E-state index contributed by atoms with van der Waals surface area (Å²) >= 11 is 0. The summed E-state index contributed by atoms with van der Waals surface area (Å²) in [6.45, 7) is -1.59. The fraction of sp³-hybridized carbons (Fsp3) is 1.00. The highest BCUT2D eigenvalue weighted by Gasteiger charge is 2.61. The largest absolute Gasteiger partial charge is 0.387 e. The van der Waals surface area contributed by atoms with Crippen LogP contribution < -0.4 is 0 Å². The lowest BCUT2D eigenvalue weighted by molar-refractivity contribution is -0.400. The van der Waals surface area contributed by atoms with Crippen molar-refractivity contribution >= 4 is 0 Å². The average Bonchev–Trinajstić information content (AvgIpc) is 0.842. The smallest absolute Gasteiger partial charge is 0.187 e. The van der Waals surface area contributed by atoms with Crippen LogP contribution in [0, 0.1) is 0 Å². The standard InChI is InChI=1S/C56H98O35/c1-64-15-22-36-29(57)43(71-8)50(78-22)86-37-23(16-65-2)80-52(45(73-10)30(37)58)88-39-25(18-67-4)82-54(47(75-12)32(39)60)90-41-27(20-69-6)84-56(49(77-14)34(41)62)91-42-28(21-70-7)83-55(48(76-13)35(42)63)89-40-26(19-68-5)81-53(46(74-11)33(40)61)87-38-24(17-66-3)79-51(85-36)44(72-9)31(38)59/h22-63H,15-21H2,1-14H3/t22?,23?,24?,25?,26?,27?,28?,29-,30-,31-,32-,33-,34-,35-,36+,37+,38+,39+,40+,41+,42+,43?,44?,45?,46?,47?,48?,49?,50-,51+,52+,53+,54+,55+,56+/m0/s1. The van der Waals surface area contributed by atoms with E-state index in [2.05, 4.69) is 0 Å². The summed E-state index contributed by atoms with van der Waals surface area (Å²) < 4.78 is 171. The Hall–Kier alpha value is -1.40. The molecule has 35 nitrogen and oxygen atoms in total. The van der Waals surface area contributed by atoms with Crippen LogP contribution in [0.3, 0.4) is 0 Å². The molecule has 0 aromatic carbocycles. The van der Waals surface area contributed by atoms with Gasteiger partial charge in [-0.25, -0.2) is 0 Å². The predicted octanol–water partition coefficient (Wildman–Crippen LogP) is -6.07. The van der Waals surface area contributed by atoms with Gasteiger partial charge in [0.15, 0.2) is 44.0 Å². The quantitative estimate of drug-likeness (QED) is 0.0562. The molecule has 21 rings (SSSR count). The van der Waals surface area contributed by atoms with Crippen molar-refractivity contribution in [3.63, 3.8) is 0 Å². The van der Waals surface area contributed by atoms with Crippen molar-refractivity contribution in [2.75, 3.05) is 146 Å². The highest BCUT2D eigenvalue weighted by molar-refractivity contribution is 5.03. The number of aliphatic hydroxyl groups is 7. The first kappa shape index (κ1) is 75.4. The fourth-order valence-corrected chi connectivity index (χ4v) is 13.1. The average molecular weight is 1330 g/mol. The Labute approximate surface area is 528 Å². The summed E-state index contributed by atoms with van der Waals surface area (Å²) in [5, 5.41) is 86.2. The molecule has 14 bridgehead atoms. The lowest BCUT2D eigenvalue weighted by Gasteiger charge is -2.51. The third-order valence-corrected chi connectivity index (χ3v) is 17.6. The van der Waals surface area contributed by atoms with E-state index in [0.29, 0.717) is 0 Å². The molecule has 0 radical (unpaired) electrons. The van der Waals surface area contributed by atoms with Crippen LogP contribution in [0.2, 0.25) is 0 Å². The van der Waals surface area contributed by atoms with Crippen molar-refractivity contribution in [2.45, 2.75) is 215 Å². The normalized spacial score (nSPS) is 48.7. The molecule has 14 unspecified atom stereocenters. The second-order valence-electron chi connectivity index (χ2n) is 23.0. The van der Waals surface area contributed by atoms with Crippen LogP contribution in [-0.4, -0.2) is 396 Å². The Morgan fingerprint density at radius 2 is 0.297 bits per heavy atom. The topological polar surface area (TPSA) is 400 Å². The molecule has 91 heavy (non-hydrogen) atoms. The Morgan fingerprint density at radius 1 is 0.187 bits per heavy atom. The van der Waals surface area contributed by atoms with Gasteiger partial charge in [0.05, 0.1) is 46.2 Å². The maximum atomic E-state index is 12.3. The molecule has 0 aromatic heterocycles. The molecule has 21 aliphatic heterocycles. The minimum absolute atomic E-state index is 0.227. The van der Waals surface area contributed by atoms with Gasteiger partial charge >= 0.3 is 0 Å². The van der Waals surface area contributed by atoms with Gasteiger partial charge in [0.2, 0.25) is 0 Å². The Bertz CT molecular complexity index is 1680. The zero-order chi connectivity index (χ0) is 66.0. The minimum Gasteiger partial charge on any atom is -0.387 e. The van der Waals surface area contributed by atoms with Gasteiger partial charge in [-0.15, -0.1) is 0 Å². The van der Waals surface area contributed by atoms with Gasteiger partial charge < -0.3 is 168 Å². The van der Waals surface area contributed by atoms with E-state index in [0.717, 1.165) is 0 Å². The van der Waals surface area contributed by atoms with Gasteiger partial charge in [0.25, 0.3) is 0 Å². The van der Waals surface area contributed by atoms with Crippen LogP contribution in [0.15, 0.2) is 0 Å². The zero-order valence-electron chi connectivity index (χ0n) is 53.7. The molecule has 21 fully saturated rings. The van der Waals surface area contributed by atoms with Crippen LogP contribution in [-0.2, 0) is 133 Å². The van der Waals surface area contributed by atoms with Crippen LogP contribution >= 0.6 is 0 Å². The van der Waals surface area contributed by atoms with Crippen LogP contribution in [0.25, 0.3) is 0 Å². The van der Waals surface area contributed by atoms with Gasteiger partial charge in [-0.3, -0.25) is 0 Å². The van der Waals surface area contributed by atoms with Crippen molar-refractivity contribution in [1.82, 2.24) is 0 Å². The van der Waals surface area contributed by atoms with Crippen molar-refractivity contribution < 1.29 is 168 Å². The molecule has 7 N–H and O–H groups in total. The monoisotopic (exact) mass is 1330 g/mol. The fourth-order valence-electron chi connectivity index (χ4n) is 13.1. The molecule has 21 aliphatic rings. The molecule has 532 valence electrons. The number of hydrogen-bond donors (Lipinski definition) is 7.